The minimum atomic E-state index is 0.536. The highest BCUT2D eigenvalue weighted by atomic mass is 16.5. The van der Waals surface area contributed by atoms with Crippen LogP contribution in [0.15, 0.2) is 12.2 Å². The summed E-state index contributed by atoms with van der Waals surface area (Å²) in [6, 6.07) is 0. The SMILES string of the molecule is CCCCCCCC/C=C\CCCCCCCOC=O. The predicted molar refractivity (Wildman–Crippen MR) is 86.9 cm³/mol. The van der Waals surface area contributed by atoms with Gasteiger partial charge in [-0.2, -0.15) is 0 Å². The van der Waals surface area contributed by atoms with E-state index in [1.807, 2.05) is 0 Å². The zero-order chi connectivity index (χ0) is 14.7. The summed E-state index contributed by atoms with van der Waals surface area (Å²) in [7, 11) is 0. The van der Waals surface area contributed by atoms with Gasteiger partial charge in [0.05, 0.1) is 6.61 Å². The fourth-order valence-corrected chi connectivity index (χ4v) is 2.30. The Labute approximate surface area is 126 Å². The van der Waals surface area contributed by atoms with Gasteiger partial charge in [-0.15, -0.1) is 0 Å². The van der Waals surface area contributed by atoms with E-state index >= 15 is 0 Å². The van der Waals surface area contributed by atoms with E-state index in [4.69, 9.17) is 0 Å². The predicted octanol–water partition coefficient (Wildman–Crippen LogP) is 5.81. The Hall–Kier alpha value is -0.790. The number of carbonyl (C=O) groups excluding carboxylic acids is 1. The number of rotatable bonds is 16. The van der Waals surface area contributed by atoms with E-state index in [2.05, 4.69) is 23.8 Å². The molecule has 0 aliphatic heterocycles. The van der Waals surface area contributed by atoms with Crippen LogP contribution < -0.4 is 0 Å². The molecule has 0 N–H and O–H groups in total. The normalized spacial score (nSPS) is 11.1. The van der Waals surface area contributed by atoms with Crippen molar-refractivity contribution in [2.45, 2.75) is 90.4 Å². The Kier molecular flexibility index (Phi) is 17.5. The summed E-state index contributed by atoms with van der Waals surface area (Å²) in [6.07, 6.45) is 21.5. The molecule has 0 heterocycles. The molecular formula is C18H34O2. The summed E-state index contributed by atoms with van der Waals surface area (Å²) >= 11 is 0. The maximum atomic E-state index is 9.92. The Morgan fingerprint density at radius 1 is 0.700 bits per heavy atom. The van der Waals surface area contributed by atoms with Crippen molar-refractivity contribution in [1.29, 1.82) is 0 Å². The molecule has 0 fully saturated rings. The first-order valence-corrected chi connectivity index (χ1v) is 8.62. The van der Waals surface area contributed by atoms with Gasteiger partial charge in [0.15, 0.2) is 0 Å². The van der Waals surface area contributed by atoms with E-state index in [1.54, 1.807) is 0 Å². The highest BCUT2D eigenvalue weighted by Crippen LogP contribution is 2.09. The molecule has 0 aliphatic rings. The van der Waals surface area contributed by atoms with Crippen LogP contribution >= 0.6 is 0 Å². The minimum absolute atomic E-state index is 0.536. The summed E-state index contributed by atoms with van der Waals surface area (Å²) in [5.74, 6) is 0. The quantitative estimate of drug-likeness (QED) is 0.203. The third-order valence-corrected chi connectivity index (χ3v) is 3.59. The van der Waals surface area contributed by atoms with Crippen molar-refractivity contribution in [3.63, 3.8) is 0 Å². The second-order valence-electron chi connectivity index (χ2n) is 5.55. The highest BCUT2D eigenvalue weighted by molar-refractivity contribution is 5.36. The van der Waals surface area contributed by atoms with Crippen molar-refractivity contribution in [2.24, 2.45) is 0 Å². The summed E-state index contributed by atoms with van der Waals surface area (Å²) in [6.45, 7) is 3.39. The van der Waals surface area contributed by atoms with Crippen LogP contribution in [0.3, 0.4) is 0 Å². The van der Waals surface area contributed by atoms with Gasteiger partial charge in [-0.25, -0.2) is 0 Å². The van der Waals surface area contributed by atoms with Gasteiger partial charge in [0.1, 0.15) is 0 Å². The van der Waals surface area contributed by atoms with Gasteiger partial charge in [0.25, 0.3) is 6.47 Å². The largest absolute Gasteiger partial charge is 0.468 e. The third-order valence-electron chi connectivity index (χ3n) is 3.59. The molecule has 0 aliphatic carbocycles. The van der Waals surface area contributed by atoms with Gasteiger partial charge in [-0.3, -0.25) is 4.79 Å². The van der Waals surface area contributed by atoms with Gasteiger partial charge in [-0.1, -0.05) is 70.4 Å². The lowest BCUT2D eigenvalue weighted by Crippen LogP contribution is -1.91. The number of allylic oxidation sites excluding steroid dienone is 2. The maximum absolute atomic E-state index is 9.92. The molecule has 118 valence electrons. The van der Waals surface area contributed by atoms with E-state index in [0.717, 1.165) is 6.42 Å². The zero-order valence-electron chi connectivity index (χ0n) is 13.4. The number of ether oxygens (including phenoxy) is 1. The van der Waals surface area contributed by atoms with Gasteiger partial charge in [0.2, 0.25) is 0 Å². The number of carbonyl (C=O) groups is 1. The molecule has 2 heteroatoms. The lowest BCUT2D eigenvalue weighted by Gasteiger charge is -2.00. The fraction of sp³-hybridized carbons (Fsp3) is 0.833. The van der Waals surface area contributed by atoms with Gasteiger partial charge in [-0.05, 0) is 32.1 Å². The smallest absolute Gasteiger partial charge is 0.293 e. The van der Waals surface area contributed by atoms with Gasteiger partial charge in [0, 0.05) is 0 Å². The zero-order valence-corrected chi connectivity index (χ0v) is 13.4. The van der Waals surface area contributed by atoms with Crippen LogP contribution in [0.1, 0.15) is 90.4 Å². The molecule has 0 bridgehead atoms. The van der Waals surface area contributed by atoms with Crippen LogP contribution in [0.2, 0.25) is 0 Å². The summed E-state index contributed by atoms with van der Waals surface area (Å²) in [5.41, 5.74) is 0. The van der Waals surface area contributed by atoms with E-state index in [-0.39, 0.29) is 0 Å². The van der Waals surface area contributed by atoms with E-state index in [1.165, 1.54) is 77.0 Å². The Morgan fingerprint density at radius 3 is 1.75 bits per heavy atom. The lowest BCUT2D eigenvalue weighted by molar-refractivity contribution is -0.128. The fourth-order valence-electron chi connectivity index (χ4n) is 2.30. The lowest BCUT2D eigenvalue weighted by atomic mass is 10.1. The van der Waals surface area contributed by atoms with Crippen molar-refractivity contribution in [2.75, 3.05) is 6.61 Å². The Balaban J connectivity index is 3.03. The van der Waals surface area contributed by atoms with Crippen LogP contribution in [0.25, 0.3) is 0 Å². The van der Waals surface area contributed by atoms with Gasteiger partial charge < -0.3 is 4.74 Å². The first-order chi connectivity index (χ1) is 9.91. The average molecular weight is 282 g/mol. The van der Waals surface area contributed by atoms with Crippen LogP contribution in [0.4, 0.5) is 0 Å². The molecule has 0 rings (SSSR count). The standard InChI is InChI=1S/C18H34O2/c1-2-3-4-5-6-7-8-9-10-11-12-13-14-15-16-17-20-18-19/h9-10,18H,2-8,11-17H2,1H3/b10-9-. The molecule has 0 saturated carbocycles. The molecule has 0 radical (unpaired) electrons. The molecule has 0 aromatic heterocycles. The monoisotopic (exact) mass is 282 g/mol. The molecule has 0 unspecified atom stereocenters. The molecule has 0 spiro atoms. The van der Waals surface area contributed by atoms with Crippen molar-refractivity contribution in [3.05, 3.63) is 12.2 Å². The molecular weight excluding hydrogens is 248 g/mol. The summed E-state index contributed by atoms with van der Waals surface area (Å²) < 4.78 is 4.66. The van der Waals surface area contributed by atoms with Crippen molar-refractivity contribution < 1.29 is 9.53 Å². The molecule has 2 nitrogen and oxygen atoms in total. The molecule has 0 aromatic rings. The highest BCUT2D eigenvalue weighted by Gasteiger charge is 1.91. The second kappa shape index (κ2) is 18.2. The first kappa shape index (κ1) is 19.2. The summed E-state index contributed by atoms with van der Waals surface area (Å²) in [4.78, 5) is 9.92. The van der Waals surface area contributed by atoms with Gasteiger partial charge >= 0.3 is 0 Å². The topological polar surface area (TPSA) is 26.3 Å². The van der Waals surface area contributed by atoms with Crippen molar-refractivity contribution in [1.82, 2.24) is 0 Å². The summed E-state index contributed by atoms with van der Waals surface area (Å²) in [5, 5.41) is 0. The third kappa shape index (κ3) is 17.2. The number of hydrogen-bond donors (Lipinski definition) is 0. The van der Waals surface area contributed by atoms with Crippen molar-refractivity contribution >= 4 is 6.47 Å². The molecule has 0 aromatic carbocycles. The van der Waals surface area contributed by atoms with Crippen LogP contribution in [0.5, 0.6) is 0 Å². The van der Waals surface area contributed by atoms with E-state index < -0.39 is 0 Å². The Bertz CT molecular complexity index is 211. The van der Waals surface area contributed by atoms with Crippen molar-refractivity contribution in [3.8, 4) is 0 Å². The molecule has 0 atom stereocenters. The van der Waals surface area contributed by atoms with Crippen LogP contribution in [-0.4, -0.2) is 13.1 Å². The minimum Gasteiger partial charge on any atom is -0.468 e. The number of unbranched alkanes of at least 4 members (excludes halogenated alkanes) is 11. The maximum Gasteiger partial charge on any atom is 0.293 e. The molecule has 0 saturated heterocycles. The number of hydrogen-bond acceptors (Lipinski definition) is 2. The Morgan fingerprint density at radius 2 is 1.20 bits per heavy atom. The van der Waals surface area contributed by atoms with Crippen LogP contribution in [-0.2, 0) is 9.53 Å². The van der Waals surface area contributed by atoms with Crippen LogP contribution in [0, 0.1) is 0 Å². The first-order valence-electron chi connectivity index (χ1n) is 8.62. The molecule has 0 amide bonds. The van der Waals surface area contributed by atoms with E-state index in [0.29, 0.717) is 13.1 Å². The van der Waals surface area contributed by atoms with E-state index in [9.17, 15) is 4.79 Å². The second-order valence-corrected chi connectivity index (χ2v) is 5.55. The average Bonchev–Trinajstić information content (AvgIpc) is 2.47. The molecule has 20 heavy (non-hydrogen) atoms.